The summed E-state index contributed by atoms with van der Waals surface area (Å²) in [6, 6.07) is 8.97. The smallest absolute Gasteiger partial charge is 0.339 e. The standard InChI is InChI=1S/C24H26O8/c1-5-31-23(27)17(11-15-7-9-19(25)21(13-15)29-3)18(24(28)32-6-2)12-16-8-10-20(26)22(14-16)30-4/h7-14,25-26H,5-6H2,1-4H3/b17-11+,18-12+. The third kappa shape index (κ3) is 6.04. The molecule has 2 aromatic carbocycles. The summed E-state index contributed by atoms with van der Waals surface area (Å²) in [5.41, 5.74) is 0.873. The van der Waals surface area contributed by atoms with Crippen molar-refractivity contribution in [1.82, 2.24) is 0 Å². The molecule has 2 N–H and O–H groups in total. The highest BCUT2D eigenvalue weighted by molar-refractivity contribution is 6.12. The molecule has 8 nitrogen and oxygen atoms in total. The van der Waals surface area contributed by atoms with Crippen molar-refractivity contribution in [3.63, 3.8) is 0 Å². The second-order valence-electron chi connectivity index (χ2n) is 6.42. The largest absolute Gasteiger partial charge is 0.504 e. The normalized spacial score (nSPS) is 11.6. The third-order valence-corrected chi connectivity index (χ3v) is 4.31. The van der Waals surface area contributed by atoms with Gasteiger partial charge in [0.05, 0.1) is 38.6 Å². The minimum absolute atomic E-state index is 0.0508. The average Bonchev–Trinajstić information content (AvgIpc) is 2.78. The van der Waals surface area contributed by atoms with Gasteiger partial charge in [0.1, 0.15) is 0 Å². The van der Waals surface area contributed by atoms with Gasteiger partial charge in [-0.25, -0.2) is 9.59 Å². The van der Waals surface area contributed by atoms with Crippen LogP contribution in [0.15, 0.2) is 47.5 Å². The molecule has 2 rings (SSSR count). The van der Waals surface area contributed by atoms with Crippen LogP contribution in [0.2, 0.25) is 0 Å². The van der Waals surface area contributed by atoms with Crippen molar-refractivity contribution in [2.24, 2.45) is 0 Å². The molecule has 0 spiro atoms. The zero-order valence-electron chi connectivity index (χ0n) is 18.4. The lowest BCUT2D eigenvalue weighted by atomic mass is 9.99. The quantitative estimate of drug-likeness (QED) is 0.343. The van der Waals surface area contributed by atoms with Gasteiger partial charge in [-0.1, -0.05) is 12.1 Å². The summed E-state index contributed by atoms with van der Waals surface area (Å²) in [6.07, 6.45) is 2.89. The molecule has 0 aliphatic rings. The molecule has 0 aromatic heterocycles. The Morgan fingerprint density at radius 2 is 1.12 bits per heavy atom. The minimum Gasteiger partial charge on any atom is -0.504 e. The van der Waals surface area contributed by atoms with E-state index in [4.69, 9.17) is 18.9 Å². The van der Waals surface area contributed by atoms with Crippen molar-refractivity contribution in [2.75, 3.05) is 27.4 Å². The Morgan fingerprint density at radius 3 is 1.44 bits per heavy atom. The van der Waals surface area contributed by atoms with Crippen LogP contribution in [-0.4, -0.2) is 49.6 Å². The molecule has 0 fully saturated rings. The second kappa shape index (κ2) is 11.5. The van der Waals surface area contributed by atoms with Gasteiger partial charge in [-0.15, -0.1) is 0 Å². The van der Waals surface area contributed by atoms with E-state index in [1.807, 2.05) is 0 Å². The van der Waals surface area contributed by atoms with E-state index in [1.54, 1.807) is 26.0 Å². The van der Waals surface area contributed by atoms with Crippen molar-refractivity contribution >= 4 is 24.1 Å². The van der Waals surface area contributed by atoms with E-state index in [0.717, 1.165) is 0 Å². The number of carbonyl (C=O) groups excluding carboxylic acids is 2. The van der Waals surface area contributed by atoms with Gasteiger partial charge >= 0.3 is 11.9 Å². The van der Waals surface area contributed by atoms with Gasteiger partial charge < -0.3 is 29.2 Å². The van der Waals surface area contributed by atoms with Gasteiger partial charge in [0, 0.05) is 0 Å². The molecule has 170 valence electrons. The number of hydrogen-bond acceptors (Lipinski definition) is 8. The molecular weight excluding hydrogens is 416 g/mol. The molecular formula is C24H26O8. The van der Waals surface area contributed by atoms with Crippen LogP contribution in [0.5, 0.6) is 23.0 Å². The lowest BCUT2D eigenvalue weighted by Crippen LogP contribution is -2.17. The van der Waals surface area contributed by atoms with Gasteiger partial charge in [0.2, 0.25) is 0 Å². The van der Waals surface area contributed by atoms with Crippen molar-refractivity contribution < 1.29 is 38.7 Å². The zero-order chi connectivity index (χ0) is 23.7. The Hall–Kier alpha value is -3.94. The number of carbonyl (C=O) groups is 2. The van der Waals surface area contributed by atoms with Gasteiger partial charge in [-0.3, -0.25) is 0 Å². The number of ether oxygens (including phenoxy) is 4. The summed E-state index contributed by atoms with van der Waals surface area (Å²) in [5.74, 6) is -1.20. The second-order valence-corrected chi connectivity index (χ2v) is 6.42. The van der Waals surface area contributed by atoms with Crippen LogP contribution in [0.4, 0.5) is 0 Å². The van der Waals surface area contributed by atoms with E-state index in [1.165, 1.54) is 50.6 Å². The Kier molecular flexibility index (Phi) is 8.71. The molecule has 8 heteroatoms. The molecule has 0 saturated carbocycles. The van der Waals surface area contributed by atoms with Crippen molar-refractivity contribution in [2.45, 2.75) is 13.8 Å². The highest BCUT2D eigenvalue weighted by atomic mass is 16.5. The first-order valence-electron chi connectivity index (χ1n) is 9.86. The Bertz CT molecular complexity index is 953. The Morgan fingerprint density at radius 1 is 0.750 bits per heavy atom. The molecule has 0 amide bonds. The summed E-state index contributed by atoms with van der Waals surface area (Å²) < 4.78 is 20.6. The molecule has 2 aromatic rings. The SMILES string of the molecule is CCOC(=O)C(=C/c1ccc(O)c(OC)c1)/C(=C\c1ccc(O)c(OC)c1)C(=O)OCC. The number of phenols is 2. The number of benzene rings is 2. The predicted molar refractivity (Wildman–Crippen MR) is 119 cm³/mol. The van der Waals surface area contributed by atoms with Crippen LogP contribution in [-0.2, 0) is 19.1 Å². The van der Waals surface area contributed by atoms with E-state index in [-0.39, 0.29) is 47.4 Å². The molecule has 32 heavy (non-hydrogen) atoms. The van der Waals surface area contributed by atoms with E-state index >= 15 is 0 Å². The first-order valence-corrected chi connectivity index (χ1v) is 9.86. The molecule has 0 atom stereocenters. The van der Waals surface area contributed by atoms with E-state index in [2.05, 4.69) is 0 Å². The zero-order valence-corrected chi connectivity index (χ0v) is 18.4. The Balaban J connectivity index is 2.70. The van der Waals surface area contributed by atoms with Crippen LogP contribution in [0.3, 0.4) is 0 Å². The highest BCUT2D eigenvalue weighted by Gasteiger charge is 2.24. The van der Waals surface area contributed by atoms with Gasteiger partial charge in [0.25, 0.3) is 0 Å². The number of aromatic hydroxyl groups is 2. The first kappa shape index (κ1) is 24.3. The van der Waals surface area contributed by atoms with Gasteiger partial charge in [-0.05, 0) is 61.4 Å². The maximum Gasteiger partial charge on any atom is 0.339 e. The van der Waals surface area contributed by atoms with Crippen molar-refractivity contribution in [3.05, 3.63) is 58.7 Å². The fourth-order valence-corrected chi connectivity index (χ4v) is 2.81. The van der Waals surface area contributed by atoms with E-state index in [9.17, 15) is 19.8 Å². The number of phenolic OH excluding ortho intramolecular Hbond substituents is 2. The summed E-state index contributed by atoms with van der Waals surface area (Å²) in [6.45, 7) is 3.49. The van der Waals surface area contributed by atoms with Crippen LogP contribution in [0.1, 0.15) is 25.0 Å². The molecule has 0 bridgehead atoms. The van der Waals surface area contributed by atoms with Crippen LogP contribution in [0.25, 0.3) is 12.2 Å². The number of methoxy groups -OCH3 is 2. The molecule has 0 saturated heterocycles. The first-order chi connectivity index (χ1) is 15.3. The number of rotatable bonds is 9. The minimum atomic E-state index is -0.732. The third-order valence-electron chi connectivity index (χ3n) is 4.31. The highest BCUT2D eigenvalue weighted by Crippen LogP contribution is 2.31. The lowest BCUT2D eigenvalue weighted by molar-refractivity contribution is -0.141. The van der Waals surface area contributed by atoms with Crippen LogP contribution in [0, 0.1) is 0 Å². The molecule has 0 aliphatic carbocycles. The molecule has 0 heterocycles. The molecule has 0 radical (unpaired) electrons. The van der Waals surface area contributed by atoms with Gasteiger partial charge in [-0.2, -0.15) is 0 Å². The molecule has 0 unspecified atom stereocenters. The topological polar surface area (TPSA) is 112 Å². The number of hydrogen-bond donors (Lipinski definition) is 2. The summed E-state index contributed by atoms with van der Waals surface area (Å²) >= 11 is 0. The molecule has 0 aliphatic heterocycles. The maximum atomic E-state index is 12.8. The average molecular weight is 442 g/mol. The van der Waals surface area contributed by atoms with Crippen molar-refractivity contribution in [3.8, 4) is 23.0 Å². The Labute approximate surface area is 186 Å². The summed E-state index contributed by atoms with van der Waals surface area (Å²) in [5, 5.41) is 19.7. The predicted octanol–water partition coefficient (Wildman–Crippen LogP) is 3.71. The van der Waals surface area contributed by atoms with Crippen LogP contribution >= 0.6 is 0 Å². The van der Waals surface area contributed by atoms with Gasteiger partial charge in [0.15, 0.2) is 23.0 Å². The maximum absolute atomic E-state index is 12.8. The van der Waals surface area contributed by atoms with E-state index in [0.29, 0.717) is 11.1 Å². The summed E-state index contributed by atoms with van der Waals surface area (Å²) in [4.78, 5) is 25.6. The lowest BCUT2D eigenvalue weighted by Gasteiger charge is -2.12. The van der Waals surface area contributed by atoms with E-state index < -0.39 is 11.9 Å². The fraction of sp³-hybridized carbons (Fsp3) is 0.250. The monoisotopic (exact) mass is 442 g/mol. The number of esters is 2. The van der Waals surface area contributed by atoms with Crippen molar-refractivity contribution in [1.29, 1.82) is 0 Å². The summed E-state index contributed by atoms with van der Waals surface area (Å²) in [7, 11) is 2.80. The van der Waals surface area contributed by atoms with Crippen LogP contribution < -0.4 is 9.47 Å². The fourth-order valence-electron chi connectivity index (χ4n) is 2.81.